The number of nitrogens with zero attached hydrogens (tertiary/aromatic N) is 2. The molecule has 2 rings (SSSR count). The van der Waals surface area contributed by atoms with Gasteiger partial charge in [-0.15, -0.1) is 0 Å². The lowest BCUT2D eigenvalue weighted by molar-refractivity contribution is 0.0945. The highest BCUT2D eigenvalue weighted by Gasteiger charge is 2.14. The Morgan fingerprint density at radius 1 is 1.45 bits per heavy atom. The first-order chi connectivity index (χ1) is 9.61. The van der Waals surface area contributed by atoms with Gasteiger partial charge < -0.3 is 10.1 Å². The standard InChI is InChI=1S/C14H16ClN3O2/c1-3-20-12-7-5-4-6-10(12)8-16-14(19)13-11(15)9-18(2)17-13/h4-7,9H,3,8H2,1-2H3,(H,16,19). The molecule has 0 bridgehead atoms. The van der Waals surface area contributed by atoms with Gasteiger partial charge >= 0.3 is 0 Å². The number of nitrogens with one attached hydrogen (secondary N) is 1. The molecule has 0 unspecified atom stereocenters. The highest BCUT2D eigenvalue weighted by molar-refractivity contribution is 6.33. The van der Waals surface area contributed by atoms with Crippen molar-refractivity contribution in [2.24, 2.45) is 7.05 Å². The molecule has 0 aliphatic heterocycles. The quantitative estimate of drug-likeness (QED) is 0.921. The topological polar surface area (TPSA) is 56.1 Å². The summed E-state index contributed by atoms with van der Waals surface area (Å²) in [6.45, 7) is 2.86. The smallest absolute Gasteiger partial charge is 0.273 e. The molecule has 0 atom stereocenters. The van der Waals surface area contributed by atoms with Crippen molar-refractivity contribution in [1.82, 2.24) is 15.1 Å². The zero-order valence-electron chi connectivity index (χ0n) is 11.4. The number of carbonyl (C=O) groups is 1. The van der Waals surface area contributed by atoms with Crippen LogP contribution in [-0.4, -0.2) is 22.3 Å². The molecule has 1 heterocycles. The van der Waals surface area contributed by atoms with Crippen molar-refractivity contribution in [3.05, 3.63) is 46.7 Å². The third-order valence-corrected chi connectivity index (χ3v) is 2.99. The van der Waals surface area contributed by atoms with Gasteiger partial charge in [0.15, 0.2) is 5.69 Å². The average Bonchev–Trinajstić information content (AvgIpc) is 2.77. The largest absolute Gasteiger partial charge is 0.494 e. The van der Waals surface area contributed by atoms with E-state index in [0.717, 1.165) is 11.3 Å². The molecule has 0 aliphatic rings. The molecular weight excluding hydrogens is 278 g/mol. The van der Waals surface area contributed by atoms with Gasteiger partial charge in [0.25, 0.3) is 5.91 Å². The number of hydrogen-bond donors (Lipinski definition) is 1. The van der Waals surface area contributed by atoms with Crippen LogP contribution in [0.3, 0.4) is 0 Å². The summed E-state index contributed by atoms with van der Waals surface area (Å²) in [5.41, 5.74) is 1.14. The number of aryl methyl sites for hydroxylation is 1. The van der Waals surface area contributed by atoms with Crippen LogP contribution in [0, 0.1) is 0 Å². The van der Waals surface area contributed by atoms with Gasteiger partial charge in [0.1, 0.15) is 5.75 Å². The van der Waals surface area contributed by atoms with Crippen LogP contribution >= 0.6 is 11.6 Å². The molecule has 0 saturated carbocycles. The molecule has 6 heteroatoms. The van der Waals surface area contributed by atoms with Gasteiger partial charge in [-0.05, 0) is 13.0 Å². The zero-order valence-corrected chi connectivity index (χ0v) is 12.1. The van der Waals surface area contributed by atoms with Crippen LogP contribution in [0.2, 0.25) is 5.02 Å². The van der Waals surface area contributed by atoms with Crippen molar-refractivity contribution >= 4 is 17.5 Å². The Morgan fingerprint density at radius 2 is 2.20 bits per heavy atom. The molecule has 0 fully saturated rings. The second-order valence-corrected chi connectivity index (χ2v) is 4.63. The zero-order chi connectivity index (χ0) is 14.5. The van der Waals surface area contributed by atoms with E-state index in [0.29, 0.717) is 18.2 Å². The SMILES string of the molecule is CCOc1ccccc1CNC(=O)c1nn(C)cc1Cl. The number of benzene rings is 1. The number of halogens is 1. The number of ether oxygens (including phenoxy) is 1. The molecule has 5 nitrogen and oxygen atoms in total. The molecule has 0 saturated heterocycles. The normalized spacial score (nSPS) is 10.3. The maximum absolute atomic E-state index is 12.0. The number of carbonyl (C=O) groups excluding carboxylic acids is 1. The summed E-state index contributed by atoms with van der Waals surface area (Å²) >= 11 is 5.93. The Balaban J connectivity index is 2.05. The molecule has 1 aromatic carbocycles. The van der Waals surface area contributed by atoms with Gasteiger partial charge in [0, 0.05) is 25.4 Å². The number of hydrogen-bond acceptors (Lipinski definition) is 3. The highest BCUT2D eigenvalue weighted by atomic mass is 35.5. The van der Waals surface area contributed by atoms with Crippen molar-refractivity contribution in [1.29, 1.82) is 0 Å². The summed E-state index contributed by atoms with van der Waals surface area (Å²) in [4.78, 5) is 12.0. The highest BCUT2D eigenvalue weighted by Crippen LogP contribution is 2.18. The second kappa shape index (κ2) is 6.43. The monoisotopic (exact) mass is 293 g/mol. The number of rotatable bonds is 5. The molecule has 0 spiro atoms. The van der Waals surface area contributed by atoms with Crippen molar-refractivity contribution < 1.29 is 9.53 Å². The Bertz CT molecular complexity index is 610. The minimum absolute atomic E-state index is 0.225. The molecule has 20 heavy (non-hydrogen) atoms. The molecule has 0 aliphatic carbocycles. The Morgan fingerprint density at radius 3 is 2.85 bits per heavy atom. The summed E-state index contributed by atoms with van der Waals surface area (Å²) in [6, 6.07) is 7.58. The lowest BCUT2D eigenvalue weighted by Crippen LogP contribution is -2.24. The Labute approximate surface area is 122 Å². The van der Waals surface area contributed by atoms with Crippen molar-refractivity contribution in [2.75, 3.05) is 6.61 Å². The van der Waals surface area contributed by atoms with Gasteiger partial charge in [-0.1, -0.05) is 29.8 Å². The van der Waals surface area contributed by atoms with E-state index in [1.807, 2.05) is 31.2 Å². The summed E-state index contributed by atoms with van der Waals surface area (Å²) in [5.74, 6) is 0.462. The minimum atomic E-state index is -0.304. The first kappa shape index (κ1) is 14.4. The van der Waals surface area contributed by atoms with Crippen LogP contribution in [0.25, 0.3) is 0 Å². The summed E-state index contributed by atoms with van der Waals surface area (Å²) < 4.78 is 7.01. The summed E-state index contributed by atoms with van der Waals surface area (Å²) in [6.07, 6.45) is 1.59. The average molecular weight is 294 g/mol. The number of aromatic nitrogens is 2. The number of amides is 1. The van der Waals surface area contributed by atoms with Gasteiger partial charge in [-0.2, -0.15) is 5.10 Å². The first-order valence-corrected chi connectivity index (χ1v) is 6.67. The van der Waals surface area contributed by atoms with Gasteiger partial charge in [0.2, 0.25) is 0 Å². The molecule has 1 aromatic heterocycles. The summed E-state index contributed by atoms with van der Waals surface area (Å²) in [7, 11) is 1.72. The van der Waals surface area contributed by atoms with Crippen LogP contribution in [-0.2, 0) is 13.6 Å². The van der Waals surface area contributed by atoms with Crippen LogP contribution in [0.5, 0.6) is 5.75 Å². The molecule has 1 amide bonds. The number of para-hydroxylation sites is 1. The van der Waals surface area contributed by atoms with Crippen molar-refractivity contribution in [2.45, 2.75) is 13.5 Å². The van der Waals surface area contributed by atoms with Crippen LogP contribution in [0.4, 0.5) is 0 Å². The fraction of sp³-hybridized carbons (Fsp3) is 0.286. The maximum Gasteiger partial charge on any atom is 0.273 e. The fourth-order valence-electron chi connectivity index (χ4n) is 1.82. The van der Waals surface area contributed by atoms with Crippen molar-refractivity contribution in [3.63, 3.8) is 0 Å². The predicted molar refractivity (Wildman–Crippen MR) is 77.0 cm³/mol. The van der Waals surface area contributed by atoms with E-state index in [4.69, 9.17) is 16.3 Å². The van der Waals surface area contributed by atoms with Crippen molar-refractivity contribution in [3.8, 4) is 5.75 Å². The van der Waals surface area contributed by atoms with Gasteiger partial charge in [-0.3, -0.25) is 9.48 Å². The molecular formula is C14H16ClN3O2. The van der Waals surface area contributed by atoms with Crippen LogP contribution < -0.4 is 10.1 Å². The van der Waals surface area contributed by atoms with E-state index in [2.05, 4.69) is 10.4 Å². The van der Waals surface area contributed by atoms with Crippen LogP contribution in [0.15, 0.2) is 30.5 Å². The predicted octanol–water partition coefficient (Wildman–Crippen LogP) is 2.40. The fourth-order valence-corrected chi connectivity index (χ4v) is 2.08. The first-order valence-electron chi connectivity index (χ1n) is 6.30. The van der Waals surface area contributed by atoms with Gasteiger partial charge in [-0.25, -0.2) is 0 Å². The maximum atomic E-state index is 12.0. The van der Waals surface area contributed by atoms with E-state index >= 15 is 0 Å². The second-order valence-electron chi connectivity index (χ2n) is 4.22. The third kappa shape index (κ3) is 3.30. The third-order valence-electron chi connectivity index (χ3n) is 2.71. The minimum Gasteiger partial charge on any atom is -0.494 e. The molecule has 0 radical (unpaired) electrons. The van der Waals surface area contributed by atoms with Crippen LogP contribution in [0.1, 0.15) is 23.0 Å². The van der Waals surface area contributed by atoms with E-state index in [1.54, 1.807) is 13.2 Å². The molecule has 2 aromatic rings. The lowest BCUT2D eigenvalue weighted by Gasteiger charge is -2.10. The molecule has 106 valence electrons. The van der Waals surface area contributed by atoms with E-state index in [1.165, 1.54) is 4.68 Å². The van der Waals surface area contributed by atoms with E-state index in [-0.39, 0.29) is 11.6 Å². The van der Waals surface area contributed by atoms with Gasteiger partial charge in [0.05, 0.1) is 11.6 Å². The summed E-state index contributed by atoms with van der Waals surface area (Å²) in [5, 5.41) is 7.15. The molecule has 1 N–H and O–H groups in total. The lowest BCUT2D eigenvalue weighted by atomic mass is 10.2. The Hall–Kier alpha value is -2.01. The van der Waals surface area contributed by atoms with E-state index < -0.39 is 0 Å². The Kier molecular flexibility index (Phi) is 4.63. The van der Waals surface area contributed by atoms with E-state index in [9.17, 15) is 4.79 Å².